The predicted octanol–water partition coefficient (Wildman–Crippen LogP) is 1.97. The van der Waals surface area contributed by atoms with E-state index in [2.05, 4.69) is 16.6 Å². The summed E-state index contributed by atoms with van der Waals surface area (Å²) in [6, 6.07) is 11.0. The first-order valence-corrected chi connectivity index (χ1v) is 9.71. The first-order valence-electron chi connectivity index (χ1n) is 9.71. The van der Waals surface area contributed by atoms with Gasteiger partial charge in [-0.05, 0) is 72.7 Å². The summed E-state index contributed by atoms with van der Waals surface area (Å²) < 4.78 is 16.1. The maximum atomic E-state index is 12.0. The number of carbonyl (C=O) groups excluding carboxylic acids is 2. The molecule has 0 bridgehead atoms. The highest BCUT2D eigenvalue weighted by molar-refractivity contribution is 5.83. The van der Waals surface area contributed by atoms with Crippen LogP contribution in [0.2, 0.25) is 0 Å². The largest absolute Gasteiger partial charge is 0.493 e. The molecule has 2 amide bonds. The van der Waals surface area contributed by atoms with Crippen molar-refractivity contribution in [2.75, 3.05) is 20.3 Å². The van der Waals surface area contributed by atoms with Crippen molar-refractivity contribution in [2.45, 2.75) is 25.7 Å². The van der Waals surface area contributed by atoms with Gasteiger partial charge in [-0.2, -0.15) is 5.10 Å². The third kappa shape index (κ3) is 5.97. The third-order valence-corrected chi connectivity index (χ3v) is 4.65. The predicted molar refractivity (Wildman–Crippen MR) is 112 cm³/mol. The van der Waals surface area contributed by atoms with Crippen LogP contribution in [0.3, 0.4) is 0 Å². The van der Waals surface area contributed by atoms with Crippen molar-refractivity contribution in [1.82, 2.24) is 5.43 Å². The smallest absolute Gasteiger partial charge is 0.277 e. The Balaban J connectivity index is 1.50. The van der Waals surface area contributed by atoms with Crippen molar-refractivity contribution in [2.24, 2.45) is 10.8 Å². The van der Waals surface area contributed by atoms with E-state index in [0.29, 0.717) is 22.8 Å². The molecule has 2 aromatic carbocycles. The van der Waals surface area contributed by atoms with Gasteiger partial charge >= 0.3 is 0 Å². The quantitative estimate of drug-likeness (QED) is 0.484. The fourth-order valence-electron chi connectivity index (χ4n) is 3.19. The molecule has 0 spiro atoms. The molecular weight excluding hydrogens is 386 g/mol. The molecule has 8 nitrogen and oxygen atoms in total. The SMILES string of the molecule is COc1cc(C=NNC(=O)COc2ccc3c(c2)CCCC3)ccc1OCC(N)=O. The second-order valence-corrected chi connectivity index (χ2v) is 6.88. The average Bonchev–Trinajstić information content (AvgIpc) is 2.76. The van der Waals surface area contributed by atoms with Crippen LogP contribution in [-0.2, 0) is 22.4 Å². The molecule has 8 heteroatoms. The van der Waals surface area contributed by atoms with Gasteiger partial charge in [0, 0.05) is 0 Å². The maximum absolute atomic E-state index is 12.0. The minimum atomic E-state index is -0.581. The van der Waals surface area contributed by atoms with Crippen molar-refractivity contribution in [1.29, 1.82) is 0 Å². The van der Waals surface area contributed by atoms with E-state index in [1.807, 2.05) is 12.1 Å². The lowest BCUT2D eigenvalue weighted by atomic mass is 9.92. The number of nitrogens with two attached hydrogens (primary N) is 1. The number of hydrogen-bond acceptors (Lipinski definition) is 6. The van der Waals surface area contributed by atoms with Crippen LogP contribution in [0.25, 0.3) is 0 Å². The van der Waals surface area contributed by atoms with Crippen molar-refractivity contribution in [3.8, 4) is 17.2 Å². The lowest BCUT2D eigenvalue weighted by molar-refractivity contribution is -0.123. The fraction of sp³-hybridized carbons (Fsp3) is 0.318. The van der Waals surface area contributed by atoms with E-state index in [9.17, 15) is 9.59 Å². The first kappa shape index (κ1) is 21.2. The number of hydrazone groups is 1. The van der Waals surface area contributed by atoms with Gasteiger partial charge in [0.05, 0.1) is 13.3 Å². The van der Waals surface area contributed by atoms with Gasteiger partial charge < -0.3 is 19.9 Å². The van der Waals surface area contributed by atoms with Crippen LogP contribution >= 0.6 is 0 Å². The van der Waals surface area contributed by atoms with E-state index in [1.54, 1.807) is 18.2 Å². The van der Waals surface area contributed by atoms with Crippen molar-refractivity contribution in [3.63, 3.8) is 0 Å². The molecule has 0 fully saturated rings. The fourth-order valence-corrected chi connectivity index (χ4v) is 3.19. The Morgan fingerprint density at radius 1 is 1.03 bits per heavy atom. The summed E-state index contributed by atoms with van der Waals surface area (Å²) in [6.07, 6.45) is 6.04. The molecule has 0 heterocycles. The lowest BCUT2D eigenvalue weighted by Crippen LogP contribution is -2.24. The summed E-state index contributed by atoms with van der Waals surface area (Å²) in [5, 5.41) is 3.93. The van der Waals surface area contributed by atoms with Crippen LogP contribution < -0.4 is 25.4 Å². The maximum Gasteiger partial charge on any atom is 0.277 e. The summed E-state index contributed by atoms with van der Waals surface area (Å²) in [7, 11) is 1.48. The van der Waals surface area contributed by atoms with Gasteiger partial charge in [-0.25, -0.2) is 5.43 Å². The molecule has 30 heavy (non-hydrogen) atoms. The Morgan fingerprint density at radius 3 is 2.60 bits per heavy atom. The molecule has 0 saturated heterocycles. The molecule has 0 aromatic heterocycles. The molecule has 0 atom stereocenters. The number of nitrogens with one attached hydrogen (secondary N) is 1. The monoisotopic (exact) mass is 411 g/mol. The second-order valence-electron chi connectivity index (χ2n) is 6.88. The van der Waals surface area contributed by atoms with Gasteiger partial charge in [0.2, 0.25) is 0 Å². The van der Waals surface area contributed by atoms with Crippen LogP contribution in [0.1, 0.15) is 29.5 Å². The van der Waals surface area contributed by atoms with Gasteiger partial charge in [0.1, 0.15) is 5.75 Å². The lowest BCUT2D eigenvalue weighted by Gasteiger charge is -2.16. The number of methoxy groups -OCH3 is 1. The number of ether oxygens (including phenoxy) is 3. The second kappa shape index (κ2) is 10.3. The van der Waals surface area contributed by atoms with E-state index in [4.69, 9.17) is 19.9 Å². The molecular formula is C22H25N3O5. The molecule has 0 radical (unpaired) electrons. The molecule has 0 saturated carbocycles. The normalized spacial score (nSPS) is 12.8. The summed E-state index contributed by atoms with van der Waals surface area (Å²) in [4.78, 5) is 22.8. The summed E-state index contributed by atoms with van der Waals surface area (Å²) in [6.45, 7) is -0.372. The number of rotatable bonds is 9. The molecule has 0 unspecified atom stereocenters. The Hall–Kier alpha value is -3.55. The van der Waals surface area contributed by atoms with Crippen LogP contribution in [0.5, 0.6) is 17.2 Å². The molecule has 1 aliphatic carbocycles. The highest BCUT2D eigenvalue weighted by atomic mass is 16.5. The molecule has 1 aliphatic rings. The van der Waals surface area contributed by atoms with Crippen molar-refractivity contribution < 1.29 is 23.8 Å². The first-order chi connectivity index (χ1) is 14.5. The molecule has 3 rings (SSSR count). The van der Waals surface area contributed by atoms with Crippen LogP contribution in [0.4, 0.5) is 0 Å². The van der Waals surface area contributed by atoms with E-state index in [1.165, 1.54) is 37.3 Å². The molecule has 158 valence electrons. The zero-order chi connectivity index (χ0) is 21.3. The number of fused-ring (bicyclic) bond motifs is 1. The third-order valence-electron chi connectivity index (χ3n) is 4.65. The number of benzene rings is 2. The van der Waals surface area contributed by atoms with Crippen LogP contribution in [0.15, 0.2) is 41.5 Å². The van der Waals surface area contributed by atoms with Gasteiger partial charge in [0.25, 0.3) is 11.8 Å². The minimum Gasteiger partial charge on any atom is -0.493 e. The average molecular weight is 411 g/mol. The van der Waals surface area contributed by atoms with Crippen LogP contribution in [0, 0.1) is 0 Å². The Morgan fingerprint density at radius 2 is 1.83 bits per heavy atom. The number of aryl methyl sites for hydroxylation is 2. The van der Waals surface area contributed by atoms with Crippen molar-refractivity contribution >= 4 is 18.0 Å². The van der Waals surface area contributed by atoms with E-state index in [-0.39, 0.29) is 19.1 Å². The van der Waals surface area contributed by atoms with Gasteiger partial charge in [-0.15, -0.1) is 0 Å². The van der Waals surface area contributed by atoms with Gasteiger partial charge in [-0.1, -0.05) is 6.07 Å². The molecule has 3 N–H and O–H groups in total. The standard InChI is InChI=1S/C22H25N3O5/c1-28-20-10-15(6-9-19(20)30-13-21(23)26)12-24-25-22(27)14-29-18-8-7-16-4-2-3-5-17(16)11-18/h6-12H,2-5,13-14H2,1H3,(H2,23,26)(H,25,27). The number of carbonyl (C=O) groups is 2. The summed E-state index contributed by atoms with van der Waals surface area (Å²) in [5.74, 6) is 0.546. The molecule has 2 aromatic rings. The highest BCUT2D eigenvalue weighted by Gasteiger charge is 2.11. The Kier molecular flexibility index (Phi) is 7.26. The number of amides is 2. The number of hydrogen-bond donors (Lipinski definition) is 2. The topological polar surface area (TPSA) is 112 Å². The minimum absolute atomic E-state index is 0.126. The molecule has 0 aliphatic heterocycles. The highest BCUT2D eigenvalue weighted by Crippen LogP contribution is 2.27. The number of primary amides is 1. The summed E-state index contributed by atoms with van der Waals surface area (Å²) >= 11 is 0. The Bertz CT molecular complexity index is 942. The van der Waals surface area contributed by atoms with Crippen LogP contribution in [-0.4, -0.2) is 38.4 Å². The van der Waals surface area contributed by atoms with Crippen molar-refractivity contribution in [3.05, 3.63) is 53.1 Å². The van der Waals surface area contributed by atoms with Gasteiger partial charge in [0.15, 0.2) is 24.7 Å². The van der Waals surface area contributed by atoms with E-state index < -0.39 is 5.91 Å². The Labute approximate surface area is 175 Å². The zero-order valence-corrected chi connectivity index (χ0v) is 16.8. The number of nitrogens with zero attached hydrogens (tertiary/aromatic N) is 1. The zero-order valence-electron chi connectivity index (χ0n) is 16.8. The van der Waals surface area contributed by atoms with E-state index in [0.717, 1.165) is 12.8 Å². The van der Waals surface area contributed by atoms with E-state index >= 15 is 0 Å². The summed E-state index contributed by atoms with van der Waals surface area (Å²) in [5.41, 5.74) is 10.8. The van der Waals surface area contributed by atoms with Gasteiger partial charge in [-0.3, -0.25) is 9.59 Å².